The van der Waals surface area contributed by atoms with E-state index in [2.05, 4.69) is 0 Å². The lowest BCUT2D eigenvalue weighted by molar-refractivity contribution is -0.138. The van der Waals surface area contributed by atoms with Crippen LogP contribution in [0.15, 0.2) is 29.2 Å². The molecule has 3 rings (SSSR count). The van der Waals surface area contributed by atoms with Gasteiger partial charge in [0.1, 0.15) is 0 Å². The van der Waals surface area contributed by atoms with Crippen LogP contribution in [0.3, 0.4) is 0 Å². The lowest BCUT2D eigenvalue weighted by Gasteiger charge is -2.39. The van der Waals surface area contributed by atoms with E-state index >= 15 is 0 Å². The van der Waals surface area contributed by atoms with Gasteiger partial charge in [-0.05, 0) is 56.2 Å². The third-order valence-electron chi connectivity index (χ3n) is 5.75. The predicted molar refractivity (Wildman–Crippen MR) is 111 cm³/mol. The zero-order valence-electron chi connectivity index (χ0n) is 17.8. The highest BCUT2D eigenvalue weighted by Crippen LogP contribution is 2.38. The number of carbonyl (C=O) groups excluding carboxylic acids is 1. The zero-order chi connectivity index (χ0) is 23.0. The molecule has 1 saturated heterocycles. The highest BCUT2D eigenvalue weighted by molar-refractivity contribution is 7.89. The molecule has 1 aliphatic carbocycles. The topological polar surface area (TPSA) is 83.7 Å². The average molecular weight is 462 g/mol. The minimum absolute atomic E-state index is 0.203. The van der Waals surface area contributed by atoms with Gasteiger partial charge in [-0.2, -0.15) is 17.5 Å². The third-order valence-corrected chi connectivity index (χ3v) is 7.76. The monoisotopic (exact) mass is 461 g/mol. The number of carbonyl (C=O) groups is 1. The van der Waals surface area contributed by atoms with Crippen LogP contribution in [0.5, 0.6) is 0 Å². The summed E-state index contributed by atoms with van der Waals surface area (Å²) in [6.45, 7) is 4.66. The molecule has 1 aliphatic heterocycles. The normalized spacial score (nSPS) is 21.5. The van der Waals surface area contributed by atoms with Crippen LogP contribution < -0.4 is 5.73 Å². The maximum Gasteiger partial charge on any atom is 0.416 e. The van der Waals surface area contributed by atoms with E-state index < -0.39 is 33.8 Å². The molecule has 1 saturated carbocycles. The Kier molecular flexibility index (Phi) is 7.02. The second-order valence-corrected chi connectivity index (χ2v) is 10.8. The molecule has 174 valence electrons. The SMILES string of the molecule is CC(C)C[C@H](N)C(=O)N1CCCC(N(C2CC2)S(=O)(=O)c2cccc(C(F)(F)F)c2)C1. The highest BCUT2D eigenvalue weighted by Gasteiger charge is 2.45. The van der Waals surface area contributed by atoms with Crippen LogP contribution in [0.1, 0.15) is 51.5 Å². The van der Waals surface area contributed by atoms with E-state index in [0.29, 0.717) is 44.7 Å². The number of alkyl halides is 3. The van der Waals surface area contributed by atoms with Gasteiger partial charge in [-0.15, -0.1) is 0 Å². The Balaban J connectivity index is 1.84. The number of hydrogen-bond donors (Lipinski definition) is 1. The molecule has 0 bridgehead atoms. The van der Waals surface area contributed by atoms with Crippen molar-refractivity contribution in [2.45, 2.75) is 75.1 Å². The number of halogens is 3. The fraction of sp³-hybridized carbons (Fsp3) is 0.667. The van der Waals surface area contributed by atoms with Crippen molar-refractivity contribution >= 4 is 15.9 Å². The van der Waals surface area contributed by atoms with E-state index in [1.54, 1.807) is 4.90 Å². The fourth-order valence-corrected chi connectivity index (χ4v) is 6.12. The summed E-state index contributed by atoms with van der Waals surface area (Å²) in [4.78, 5) is 14.0. The van der Waals surface area contributed by atoms with Gasteiger partial charge in [-0.3, -0.25) is 4.79 Å². The van der Waals surface area contributed by atoms with Crippen LogP contribution in [-0.2, 0) is 21.0 Å². The van der Waals surface area contributed by atoms with E-state index in [0.717, 1.165) is 12.1 Å². The van der Waals surface area contributed by atoms with Gasteiger partial charge in [0.15, 0.2) is 0 Å². The van der Waals surface area contributed by atoms with Crippen molar-refractivity contribution < 1.29 is 26.4 Å². The molecule has 2 atom stereocenters. The second-order valence-electron chi connectivity index (χ2n) is 8.91. The van der Waals surface area contributed by atoms with Gasteiger partial charge in [-0.25, -0.2) is 8.42 Å². The number of hydrogen-bond acceptors (Lipinski definition) is 4. The zero-order valence-corrected chi connectivity index (χ0v) is 18.6. The molecule has 31 heavy (non-hydrogen) atoms. The van der Waals surface area contributed by atoms with Gasteiger partial charge in [-0.1, -0.05) is 19.9 Å². The number of likely N-dealkylation sites (tertiary alicyclic amines) is 1. The Hall–Kier alpha value is -1.65. The van der Waals surface area contributed by atoms with Crippen LogP contribution in [0.25, 0.3) is 0 Å². The van der Waals surface area contributed by atoms with Crippen molar-refractivity contribution in [1.82, 2.24) is 9.21 Å². The highest BCUT2D eigenvalue weighted by atomic mass is 32.2. The minimum Gasteiger partial charge on any atom is -0.340 e. The first kappa shape index (κ1) is 24.0. The molecule has 1 heterocycles. The maximum atomic E-state index is 13.4. The second kappa shape index (κ2) is 9.07. The molecule has 2 fully saturated rings. The van der Waals surface area contributed by atoms with Crippen LogP contribution in [0.2, 0.25) is 0 Å². The van der Waals surface area contributed by atoms with Crippen molar-refractivity contribution in [3.8, 4) is 0 Å². The lowest BCUT2D eigenvalue weighted by Crippen LogP contribution is -2.55. The molecule has 0 spiro atoms. The summed E-state index contributed by atoms with van der Waals surface area (Å²) in [5.41, 5.74) is 5.05. The molecule has 1 aromatic rings. The van der Waals surface area contributed by atoms with Gasteiger partial charge < -0.3 is 10.6 Å². The van der Waals surface area contributed by atoms with E-state index in [4.69, 9.17) is 5.73 Å². The van der Waals surface area contributed by atoms with Crippen molar-refractivity contribution in [1.29, 1.82) is 0 Å². The quantitative estimate of drug-likeness (QED) is 0.676. The maximum absolute atomic E-state index is 13.4. The van der Waals surface area contributed by atoms with Crippen molar-refractivity contribution in [3.05, 3.63) is 29.8 Å². The summed E-state index contributed by atoms with van der Waals surface area (Å²) in [7, 11) is -4.14. The lowest BCUT2D eigenvalue weighted by atomic mass is 10.0. The number of sulfonamides is 1. The van der Waals surface area contributed by atoms with E-state index in [1.165, 1.54) is 10.4 Å². The van der Waals surface area contributed by atoms with Gasteiger partial charge in [0, 0.05) is 25.2 Å². The Morgan fingerprint density at radius 1 is 1.23 bits per heavy atom. The van der Waals surface area contributed by atoms with Crippen molar-refractivity contribution in [2.75, 3.05) is 13.1 Å². The van der Waals surface area contributed by atoms with Gasteiger partial charge >= 0.3 is 6.18 Å². The van der Waals surface area contributed by atoms with Crippen LogP contribution in [0.4, 0.5) is 13.2 Å². The Bertz CT molecular complexity index is 901. The summed E-state index contributed by atoms with van der Waals surface area (Å²) in [5.74, 6) is 0.0504. The van der Waals surface area contributed by atoms with Gasteiger partial charge in [0.05, 0.1) is 16.5 Å². The van der Waals surface area contributed by atoms with Crippen LogP contribution in [-0.4, -0.2) is 54.7 Å². The summed E-state index contributed by atoms with van der Waals surface area (Å²) in [5, 5.41) is 0. The largest absolute Gasteiger partial charge is 0.416 e. The first-order chi connectivity index (χ1) is 14.4. The fourth-order valence-electron chi connectivity index (χ4n) is 4.18. The number of piperidine rings is 1. The van der Waals surface area contributed by atoms with E-state index in [1.807, 2.05) is 13.8 Å². The number of nitrogens with zero attached hydrogens (tertiary/aromatic N) is 2. The Labute approximate surface area is 181 Å². The van der Waals surface area contributed by atoms with Crippen molar-refractivity contribution in [3.63, 3.8) is 0 Å². The molecule has 6 nitrogen and oxygen atoms in total. The first-order valence-corrected chi connectivity index (χ1v) is 12.1. The molecule has 10 heteroatoms. The van der Waals surface area contributed by atoms with E-state index in [-0.39, 0.29) is 29.3 Å². The smallest absolute Gasteiger partial charge is 0.340 e. The molecular formula is C21H30F3N3O3S. The van der Waals surface area contributed by atoms with Gasteiger partial charge in [0.25, 0.3) is 0 Å². The summed E-state index contributed by atoms with van der Waals surface area (Å²) >= 11 is 0. The standard InChI is InChI=1S/C21H30F3N3O3S/c1-14(2)11-19(25)20(28)26-10-4-6-17(13-26)27(16-8-9-16)31(29,30)18-7-3-5-15(12-18)21(22,23)24/h3,5,7,12,14,16-17,19H,4,6,8-11,13,25H2,1-2H3/t17?,19-/m0/s1. The molecule has 2 N–H and O–H groups in total. The molecule has 1 amide bonds. The van der Waals surface area contributed by atoms with Crippen LogP contribution >= 0.6 is 0 Å². The van der Waals surface area contributed by atoms with Gasteiger partial charge in [0.2, 0.25) is 15.9 Å². The molecular weight excluding hydrogens is 431 g/mol. The average Bonchev–Trinajstić information content (AvgIpc) is 3.51. The Morgan fingerprint density at radius 3 is 2.48 bits per heavy atom. The third kappa shape index (κ3) is 5.59. The predicted octanol–water partition coefficient (Wildman–Crippen LogP) is 3.22. The minimum atomic E-state index is -4.63. The number of rotatable bonds is 7. The Morgan fingerprint density at radius 2 is 1.90 bits per heavy atom. The summed E-state index contributed by atoms with van der Waals surface area (Å²) in [6, 6.07) is 2.49. The number of benzene rings is 1. The van der Waals surface area contributed by atoms with Crippen molar-refractivity contribution in [2.24, 2.45) is 11.7 Å². The molecule has 1 aromatic carbocycles. The molecule has 2 aliphatic rings. The first-order valence-electron chi connectivity index (χ1n) is 10.7. The number of amides is 1. The summed E-state index contributed by atoms with van der Waals surface area (Å²) < 4.78 is 67.5. The molecule has 0 aromatic heterocycles. The van der Waals surface area contributed by atoms with Crippen LogP contribution in [0, 0.1) is 5.92 Å². The van der Waals surface area contributed by atoms with E-state index in [9.17, 15) is 26.4 Å². The number of nitrogens with two attached hydrogens (primary N) is 1. The summed E-state index contributed by atoms with van der Waals surface area (Å²) in [6.07, 6.45) is -1.60. The molecule has 1 unspecified atom stereocenters. The molecule has 0 radical (unpaired) electrons.